The molecule has 0 fully saturated rings. The zero-order valence-corrected chi connectivity index (χ0v) is 16.1. The van der Waals surface area contributed by atoms with Crippen molar-refractivity contribution in [3.63, 3.8) is 0 Å². The molecule has 2 aromatic rings. The lowest BCUT2D eigenvalue weighted by atomic mass is 9.86. The monoisotopic (exact) mass is 356 g/mol. The van der Waals surface area contributed by atoms with Gasteiger partial charge in [-0.05, 0) is 24.2 Å². The van der Waals surface area contributed by atoms with E-state index in [2.05, 4.69) is 54.3 Å². The number of aromatic nitrogens is 2. The fourth-order valence-electron chi connectivity index (χ4n) is 2.35. The Hall–Kier alpha value is -2.10. The standard InChI is InChI=1S/C19H24N4OS/c1-12(24)11-21-17-15(10-20)16(22-18(23-17)25-5)13-6-8-14(9-7-13)19(2,3)4/h6-9,12,24H,11H2,1-5H3,(H,21,22,23)/t12-/m1/s1. The third-order valence-electron chi connectivity index (χ3n) is 3.77. The summed E-state index contributed by atoms with van der Waals surface area (Å²) < 4.78 is 0. The van der Waals surface area contributed by atoms with Gasteiger partial charge in [0, 0.05) is 12.1 Å². The van der Waals surface area contributed by atoms with E-state index in [9.17, 15) is 10.4 Å². The van der Waals surface area contributed by atoms with Crippen LogP contribution in [-0.4, -0.2) is 34.0 Å². The van der Waals surface area contributed by atoms with Crippen molar-refractivity contribution in [1.82, 2.24) is 9.97 Å². The highest BCUT2D eigenvalue weighted by Crippen LogP contribution is 2.30. The van der Waals surface area contributed by atoms with Crippen molar-refractivity contribution in [2.24, 2.45) is 0 Å². The van der Waals surface area contributed by atoms with E-state index in [4.69, 9.17) is 0 Å². The topological polar surface area (TPSA) is 81.8 Å². The van der Waals surface area contributed by atoms with Crippen LogP contribution in [0.5, 0.6) is 0 Å². The van der Waals surface area contributed by atoms with Crippen LogP contribution in [0.25, 0.3) is 11.3 Å². The normalized spacial score (nSPS) is 12.5. The summed E-state index contributed by atoms with van der Waals surface area (Å²) in [6.45, 7) is 8.50. The summed E-state index contributed by atoms with van der Waals surface area (Å²) in [5.41, 5.74) is 3.16. The Morgan fingerprint density at radius 3 is 2.36 bits per heavy atom. The van der Waals surface area contributed by atoms with Crippen LogP contribution in [0.2, 0.25) is 0 Å². The van der Waals surface area contributed by atoms with E-state index in [1.54, 1.807) is 6.92 Å². The smallest absolute Gasteiger partial charge is 0.189 e. The highest BCUT2D eigenvalue weighted by atomic mass is 32.2. The lowest BCUT2D eigenvalue weighted by molar-refractivity contribution is 0.208. The molecular weight excluding hydrogens is 332 g/mol. The molecule has 0 aliphatic rings. The number of anilines is 1. The Bertz CT molecular complexity index is 774. The van der Waals surface area contributed by atoms with Gasteiger partial charge in [0.1, 0.15) is 17.5 Å². The van der Waals surface area contributed by atoms with Crippen LogP contribution in [0.1, 0.15) is 38.8 Å². The maximum Gasteiger partial charge on any atom is 0.189 e. The lowest BCUT2D eigenvalue weighted by Crippen LogP contribution is -2.17. The van der Waals surface area contributed by atoms with Crippen LogP contribution in [0.15, 0.2) is 29.4 Å². The number of aliphatic hydroxyl groups is 1. The predicted octanol–water partition coefficient (Wildman–Crippen LogP) is 3.83. The quantitative estimate of drug-likeness (QED) is 0.626. The van der Waals surface area contributed by atoms with E-state index >= 15 is 0 Å². The van der Waals surface area contributed by atoms with Gasteiger partial charge in [-0.25, -0.2) is 9.97 Å². The number of hydrogen-bond acceptors (Lipinski definition) is 6. The van der Waals surface area contributed by atoms with Crippen molar-refractivity contribution in [2.45, 2.75) is 44.4 Å². The van der Waals surface area contributed by atoms with Gasteiger partial charge in [0.2, 0.25) is 0 Å². The Labute approximate surface area is 153 Å². The fraction of sp³-hybridized carbons (Fsp3) is 0.421. The molecule has 0 saturated heterocycles. The summed E-state index contributed by atoms with van der Waals surface area (Å²) in [5.74, 6) is 0.456. The molecule has 0 spiro atoms. The predicted molar refractivity (Wildman–Crippen MR) is 103 cm³/mol. The van der Waals surface area contributed by atoms with Crippen molar-refractivity contribution in [3.8, 4) is 17.3 Å². The number of nitrogens with one attached hydrogen (secondary N) is 1. The van der Waals surface area contributed by atoms with Crippen LogP contribution < -0.4 is 5.32 Å². The molecule has 2 N–H and O–H groups in total. The van der Waals surface area contributed by atoms with Gasteiger partial charge >= 0.3 is 0 Å². The summed E-state index contributed by atoms with van der Waals surface area (Å²) in [5, 5.41) is 22.8. The van der Waals surface area contributed by atoms with E-state index in [1.165, 1.54) is 17.3 Å². The molecule has 0 aliphatic carbocycles. The van der Waals surface area contributed by atoms with E-state index in [1.807, 2.05) is 18.4 Å². The molecule has 1 aromatic carbocycles. The average Bonchev–Trinajstić information content (AvgIpc) is 2.58. The fourth-order valence-corrected chi connectivity index (χ4v) is 2.71. The molecule has 25 heavy (non-hydrogen) atoms. The second-order valence-electron chi connectivity index (χ2n) is 6.95. The summed E-state index contributed by atoms with van der Waals surface area (Å²) in [4.78, 5) is 8.92. The van der Waals surface area contributed by atoms with Gasteiger partial charge in [-0.1, -0.05) is 56.8 Å². The van der Waals surface area contributed by atoms with Crippen LogP contribution >= 0.6 is 11.8 Å². The zero-order chi connectivity index (χ0) is 18.6. The van der Waals surface area contributed by atoms with Gasteiger partial charge in [0.05, 0.1) is 11.8 Å². The van der Waals surface area contributed by atoms with Gasteiger partial charge < -0.3 is 10.4 Å². The Morgan fingerprint density at radius 2 is 1.88 bits per heavy atom. The van der Waals surface area contributed by atoms with Crippen molar-refractivity contribution >= 4 is 17.6 Å². The maximum absolute atomic E-state index is 9.63. The van der Waals surface area contributed by atoms with E-state index < -0.39 is 6.10 Å². The second-order valence-corrected chi connectivity index (χ2v) is 7.72. The van der Waals surface area contributed by atoms with Crippen LogP contribution in [-0.2, 0) is 5.41 Å². The molecule has 0 aliphatic heterocycles. The zero-order valence-electron chi connectivity index (χ0n) is 15.3. The molecule has 0 unspecified atom stereocenters. The number of rotatable bonds is 5. The number of benzene rings is 1. The molecule has 0 amide bonds. The molecule has 5 nitrogen and oxygen atoms in total. The van der Waals surface area contributed by atoms with E-state index in [0.29, 0.717) is 28.8 Å². The van der Waals surface area contributed by atoms with Crippen molar-refractivity contribution in [1.29, 1.82) is 5.26 Å². The van der Waals surface area contributed by atoms with Gasteiger partial charge in [-0.2, -0.15) is 5.26 Å². The molecule has 0 saturated carbocycles. The average molecular weight is 356 g/mol. The molecule has 132 valence electrons. The van der Waals surface area contributed by atoms with E-state index in [0.717, 1.165) is 5.56 Å². The molecule has 0 radical (unpaired) electrons. The highest BCUT2D eigenvalue weighted by molar-refractivity contribution is 7.98. The maximum atomic E-state index is 9.63. The van der Waals surface area contributed by atoms with Gasteiger partial charge in [-0.15, -0.1) is 0 Å². The largest absolute Gasteiger partial charge is 0.392 e. The summed E-state index contributed by atoms with van der Waals surface area (Å²) in [7, 11) is 0. The Kier molecular flexibility index (Phi) is 6.04. The van der Waals surface area contributed by atoms with E-state index in [-0.39, 0.29) is 5.41 Å². The number of nitriles is 1. The number of aliphatic hydroxyl groups excluding tert-OH is 1. The van der Waals surface area contributed by atoms with Gasteiger partial charge in [-0.3, -0.25) is 0 Å². The summed E-state index contributed by atoms with van der Waals surface area (Å²) in [6.07, 6.45) is 1.36. The summed E-state index contributed by atoms with van der Waals surface area (Å²) >= 11 is 1.42. The molecule has 2 rings (SSSR count). The molecular formula is C19H24N4OS. The number of nitrogens with zero attached hydrogens (tertiary/aromatic N) is 3. The molecule has 1 aromatic heterocycles. The number of thioether (sulfide) groups is 1. The summed E-state index contributed by atoms with van der Waals surface area (Å²) in [6, 6.07) is 10.3. The van der Waals surface area contributed by atoms with Crippen molar-refractivity contribution in [3.05, 3.63) is 35.4 Å². The third-order valence-corrected chi connectivity index (χ3v) is 4.32. The van der Waals surface area contributed by atoms with Crippen LogP contribution in [0.4, 0.5) is 5.82 Å². The molecule has 0 bridgehead atoms. The highest BCUT2D eigenvalue weighted by Gasteiger charge is 2.18. The first-order chi connectivity index (χ1) is 11.8. The lowest BCUT2D eigenvalue weighted by Gasteiger charge is -2.19. The van der Waals surface area contributed by atoms with Gasteiger partial charge in [0.25, 0.3) is 0 Å². The van der Waals surface area contributed by atoms with Crippen LogP contribution in [0, 0.1) is 11.3 Å². The number of hydrogen-bond donors (Lipinski definition) is 2. The van der Waals surface area contributed by atoms with Crippen molar-refractivity contribution < 1.29 is 5.11 Å². The second kappa shape index (κ2) is 7.85. The third kappa shape index (κ3) is 4.71. The Morgan fingerprint density at radius 1 is 1.24 bits per heavy atom. The minimum atomic E-state index is -0.534. The molecule has 6 heteroatoms. The van der Waals surface area contributed by atoms with Crippen molar-refractivity contribution in [2.75, 3.05) is 18.1 Å². The van der Waals surface area contributed by atoms with Gasteiger partial charge in [0.15, 0.2) is 5.16 Å². The minimum Gasteiger partial charge on any atom is -0.392 e. The first-order valence-corrected chi connectivity index (χ1v) is 9.37. The molecule has 1 atom stereocenters. The minimum absolute atomic E-state index is 0.0661. The Balaban J connectivity index is 2.52. The first kappa shape index (κ1) is 19.2. The molecule has 1 heterocycles. The van der Waals surface area contributed by atoms with Crippen LogP contribution in [0.3, 0.4) is 0 Å². The SMILES string of the molecule is CSc1nc(NC[C@@H](C)O)c(C#N)c(-c2ccc(C(C)(C)C)cc2)n1. The first-order valence-electron chi connectivity index (χ1n) is 8.15.